The molecule has 0 radical (unpaired) electrons. The molecule has 1 aliphatic rings. The molecule has 5 heteroatoms. The van der Waals surface area contributed by atoms with Gasteiger partial charge in [0.05, 0.1) is 16.3 Å². The minimum atomic E-state index is -0.334. The van der Waals surface area contributed by atoms with Crippen LogP contribution in [0.2, 0.25) is 0 Å². The van der Waals surface area contributed by atoms with E-state index in [0.29, 0.717) is 17.7 Å². The number of carbonyl (C=O) groups excluding carboxylic acids is 1. The molecule has 0 N–H and O–H groups in total. The van der Waals surface area contributed by atoms with Crippen LogP contribution in [0.15, 0.2) is 42.5 Å². The van der Waals surface area contributed by atoms with Crippen LogP contribution >= 0.6 is 11.3 Å². The van der Waals surface area contributed by atoms with Crippen molar-refractivity contribution in [1.82, 2.24) is 9.88 Å². The van der Waals surface area contributed by atoms with Gasteiger partial charge in [0.25, 0.3) is 5.91 Å². The second-order valence-electron chi connectivity index (χ2n) is 6.49. The van der Waals surface area contributed by atoms with Crippen molar-refractivity contribution in [2.75, 3.05) is 6.54 Å². The summed E-state index contributed by atoms with van der Waals surface area (Å²) in [5.41, 5.74) is 1.94. The maximum absolute atomic E-state index is 13.9. The third-order valence-corrected chi connectivity index (χ3v) is 5.92. The van der Waals surface area contributed by atoms with Gasteiger partial charge in [-0.1, -0.05) is 18.2 Å². The Kier molecular flexibility index (Phi) is 4.25. The topological polar surface area (TPSA) is 33.2 Å². The molecule has 1 atom stereocenters. The van der Waals surface area contributed by atoms with Gasteiger partial charge in [-0.2, -0.15) is 0 Å². The van der Waals surface area contributed by atoms with Crippen LogP contribution in [0.3, 0.4) is 0 Å². The molecule has 1 saturated heterocycles. The van der Waals surface area contributed by atoms with Crippen LogP contribution in [-0.2, 0) is 0 Å². The first-order valence-corrected chi connectivity index (χ1v) is 9.38. The molecule has 1 aromatic heterocycles. The van der Waals surface area contributed by atoms with Crippen LogP contribution in [-0.4, -0.2) is 22.3 Å². The molecule has 1 aliphatic heterocycles. The Morgan fingerprint density at radius 3 is 2.88 bits per heavy atom. The lowest BCUT2D eigenvalue weighted by Gasteiger charge is -2.34. The van der Waals surface area contributed by atoms with E-state index in [1.165, 1.54) is 6.07 Å². The van der Waals surface area contributed by atoms with Gasteiger partial charge >= 0.3 is 0 Å². The van der Waals surface area contributed by atoms with E-state index in [2.05, 4.69) is 6.07 Å². The Labute approximate surface area is 150 Å². The first-order chi connectivity index (χ1) is 12.1. The first kappa shape index (κ1) is 16.2. The molecule has 2 heterocycles. The number of aryl methyl sites for hydroxylation is 1. The van der Waals surface area contributed by atoms with Gasteiger partial charge in [-0.3, -0.25) is 4.79 Å². The quantitative estimate of drug-likeness (QED) is 0.640. The van der Waals surface area contributed by atoms with E-state index in [-0.39, 0.29) is 17.8 Å². The van der Waals surface area contributed by atoms with Crippen molar-refractivity contribution < 1.29 is 9.18 Å². The molecule has 0 saturated carbocycles. The zero-order valence-electron chi connectivity index (χ0n) is 14.0. The SMILES string of the molecule is Cc1ccc(C(=O)N2CCCC[C@@H]2c2nc3ccccc3s2)cc1F. The van der Waals surface area contributed by atoms with E-state index >= 15 is 0 Å². The molecular formula is C20H19FN2OS. The van der Waals surface area contributed by atoms with Crippen molar-refractivity contribution in [1.29, 1.82) is 0 Å². The largest absolute Gasteiger partial charge is 0.329 e. The minimum Gasteiger partial charge on any atom is -0.329 e. The molecule has 1 amide bonds. The highest BCUT2D eigenvalue weighted by molar-refractivity contribution is 7.18. The Hall–Kier alpha value is -2.27. The standard InChI is InChI=1S/C20H19FN2OS/c1-13-9-10-14(12-15(13)21)20(24)23-11-5-4-7-17(23)19-22-16-6-2-3-8-18(16)25-19/h2-3,6,8-10,12,17H,4-5,7,11H2,1H3/t17-/m1/s1. The van der Waals surface area contributed by atoms with Crippen LogP contribution in [0.25, 0.3) is 10.2 Å². The van der Waals surface area contributed by atoms with Crippen molar-refractivity contribution in [3.05, 3.63) is 64.4 Å². The number of likely N-dealkylation sites (tertiary alicyclic amines) is 1. The Morgan fingerprint density at radius 1 is 1.24 bits per heavy atom. The highest BCUT2D eigenvalue weighted by atomic mass is 32.1. The smallest absolute Gasteiger partial charge is 0.254 e. The predicted octanol–water partition coefficient (Wildman–Crippen LogP) is 5.11. The van der Waals surface area contributed by atoms with Crippen LogP contribution in [0.4, 0.5) is 4.39 Å². The monoisotopic (exact) mass is 354 g/mol. The summed E-state index contributed by atoms with van der Waals surface area (Å²) in [4.78, 5) is 19.6. The van der Waals surface area contributed by atoms with E-state index in [1.807, 2.05) is 23.1 Å². The number of benzene rings is 2. The molecule has 2 aromatic carbocycles. The maximum Gasteiger partial charge on any atom is 0.254 e. The number of carbonyl (C=O) groups is 1. The fraction of sp³-hybridized carbons (Fsp3) is 0.300. The van der Waals surface area contributed by atoms with E-state index in [9.17, 15) is 9.18 Å². The van der Waals surface area contributed by atoms with Gasteiger partial charge in [0.2, 0.25) is 0 Å². The third kappa shape index (κ3) is 3.04. The van der Waals surface area contributed by atoms with Gasteiger partial charge in [0.1, 0.15) is 10.8 Å². The fourth-order valence-corrected chi connectivity index (χ4v) is 4.47. The lowest BCUT2D eigenvalue weighted by Crippen LogP contribution is -2.38. The van der Waals surface area contributed by atoms with Crippen molar-refractivity contribution in [2.24, 2.45) is 0 Å². The lowest BCUT2D eigenvalue weighted by atomic mass is 10.0. The van der Waals surface area contributed by atoms with Gasteiger partial charge in [-0.05, 0) is 56.0 Å². The normalized spacial score (nSPS) is 17.8. The molecule has 0 aliphatic carbocycles. The number of aromatic nitrogens is 1. The minimum absolute atomic E-state index is 0.0250. The number of hydrogen-bond acceptors (Lipinski definition) is 3. The molecule has 128 valence electrons. The number of para-hydroxylation sites is 1. The van der Waals surface area contributed by atoms with Crippen molar-refractivity contribution in [3.8, 4) is 0 Å². The lowest BCUT2D eigenvalue weighted by molar-refractivity contribution is 0.0611. The zero-order chi connectivity index (χ0) is 17.4. The van der Waals surface area contributed by atoms with Crippen molar-refractivity contribution in [2.45, 2.75) is 32.2 Å². The molecule has 4 rings (SSSR count). The Balaban J connectivity index is 1.68. The van der Waals surface area contributed by atoms with Gasteiger partial charge < -0.3 is 4.90 Å². The Bertz CT molecular complexity index is 903. The number of rotatable bonds is 2. The van der Waals surface area contributed by atoms with E-state index < -0.39 is 0 Å². The van der Waals surface area contributed by atoms with Crippen LogP contribution in [0.5, 0.6) is 0 Å². The van der Waals surface area contributed by atoms with Gasteiger partial charge in [-0.15, -0.1) is 11.3 Å². The molecule has 3 aromatic rings. The van der Waals surface area contributed by atoms with E-state index in [1.54, 1.807) is 30.4 Å². The van der Waals surface area contributed by atoms with Crippen LogP contribution in [0.1, 0.15) is 46.2 Å². The number of fused-ring (bicyclic) bond motifs is 1. The van der Waals surface area contributed by atoms with Gasteiger partial charge in [0.15, 0.2) is 0 Å². The first-order valence-electron chi connectivity index (χ1n) is 8.56. The van der Waals surface area contributed by atoms with Crippen molar-refractivity contribution >= 4 is 27.5 Å². The molecule has 3 nitrogen and oxygen atoms in total. The Morgan fingerprint density at radius 2 is 2.08 bits per heavy atom. The van der Waals surface area contributed by atoms with E-state index in [0.717, 1.165) is 34.5 Å². The molecule has 1 fully saturated rings. The number of hydrogen-bond donors (Lipinski definition) is 0. The average molecular weight is 354 g/mol. The summed E-state index contributed by atoms with van der Waals surface area (Å²) in [7, 11) is 0. The summed E-state index contributed by atoms with van der Waals surface area (Å²) in [6.45, 7) is 2.39. The summed E-state index contributed by atoms with van der Waals surface area (Å²) >= 11 is 1.65. The van der Waals surface area contributed by atoms with E-state index in [4.69, 9.17) is 4.98 Å². The number of piperidine rings is 1. The van der Waals surface area contributed by atoms with Gasteiger partial charge in [0, 0.05) is 12.1 Å². The third-order valence-electron chi connectivity index (χ3n) is 4.78. The molecule has 0 unspecified atom stereocenters. The molecule has 0 spiro atoms. The average Bonchev–Trinajstić information content (AvgIpc) is 3.07. The summed E-state index contributed by atoms with van der Waals surface area (Å²) in [5.74, 6) is -0.442. The molecule has 25 heavy (non-hydrogen) atoms. The van der Waals surface area contributed by atoms with Crippen LogP contribution in [0, 0.1) is 12.7 Å². The number of amides is 1. The summed E-state index contributed by atoms with van der Waals surface area (Å²) < 4.78 is 15.0. The van der Waals surface area contributed by atoms with Crippen LogP contribution < -0.4 is 0 Å². The second-order valence-corrected chi connectivity index (χ2v) is 7.56. The summed E-state index contributed by atoms with van der Waals surface area (Å²) in [5, 5.41) is 0.974. The number of thiazole rings is 1. The second kappa shape index (κ2) is 6.56. The molecular weight excluding hydrogens is 335 g/mol. The fourth-order valence-electron chi connectivity index (χ4n) is 3.36. The summed E-state index contributed by atoms with van der Waals surface area (Å²) in [6.07, 6.45) is 2.95. The predicted molar refractivity (Wildman–Crippen MR) is 98.4 cm³/mol. The number of nitrogens with zero attached hydrogens (tertiary/aromatic N) is 2. The summed E-state index contributed by atoms with van der Waals surface area (Å²) in [6, 6.07) is 12.7. The number of halogens is 1. The maximum atomic E-state index is 13.9. The highest BCUT2D eigenvalue weighted by Gasteiger charge is 2.31. The van der Waals surface area contributed by atoms with Gasteiger partial charge in [-0.25, -0.2) is 9.37 Å². The highest BCUT2D eigenvalue weighted by Crippen LogP contribution is 2.36. The molecule has 0 bridgehead atoms. The van der Waals surface area contributed by atoms with Crippen molar-refractivity contribution in [3.63, 3.8) is 0 Å². The zero-order valence-corrected chi connectivity index (χ0v) is 14.9.